The van der Waals surface area contributed by atoms with E-state index in [0.29, 0.717) is 17.5 Å². The second-order valence-electron chi connectivity index (χ2n) is 2.68. The van der Waals surface area contributed by atoms with Gasteiger partial charge >= 0.3 is 0 Å². The lowest BCUT2D eigenvalue weighted by molar-refractivity contribution is 0.499. The summed E-state index contributed by atoms with van der Waals surface area (Å²) in [6.45, 7) is 2.03. The van der Waals surface area contributed by atoms with Crippen molar-refractivity contribution in [1.82, 2.24) is 25.6 Å². The Kier molecular flexibility index (Phi) is 2.58. The fraction of sp³-hybridized carbons (Fsp3) is 0.429. The van der Waals surface area contributed by atoms with Gasteiger partial charge < -0.3 is 4.42 Å². The van der Waals surface area contributed by atoms with E-state index in [-0.39, 0.29) is 4.83 Å². The number of aromatic nitrogens is 5. The largest absolute Gasteiger partial charge is 0.418 e. The molecule has 0 amide bonds. The Labute approximate surface area is 88.2 Å². The van der Waals surface area contributed by atoms with Crippen LogP contribution in [0.5, 0.6) is 0 Å². The van der Waals surface area contributed by atoms with Crippen LogP contribution in [0, 0.1) is 0 Å². The maximum absolute atomic E-state index is 5.39. The number of nitrogens with zero attached hydrogens (tertiary/aromatic N) is 4. The molecular weight excluding hydrogens is 250 g/mol. The van der Waals surface area contributed by atoms with Crippen molar-refractivity contribution in [2.45, 2.75) is 18.2 Å². The first-order valence-corrected chi connectivity index (χ1v) is 5.06. The molecule has 74 valence electrons. The zero-order valence-corrected chi connectivity index (χ0v) is 9.02. The first-order chi connectivity index (χ1) is 6.81. The Morgan fingerprint density at radius 2 is 2.43 bits per heavy atom. The highest BCUT2D eigenvalue weighted by molar-refractivity contribution is 9.09. The number of rotatable bonds is 3. The molecule has 0 saturated heterocycles. The van der Waals surface area contributed by atoms with Crippen molar-refractivity contribution >= 4 is 15.9 Å². The smallest absolute Gasteiger partial charge is 0.269 e. The van der Waals surface area contributed by atoms with Crippen molar-refractivity contribution < 1.29 is 4.42 Å². The number of halogens is 1. The highest BCUT2D eigenvalue weighted by Gasteiger charge is 2.15. The molecule has 0 spiro atoms. The molecule has 0 radical (unpaired) electrons. The second-order valence-corrected chi connectivity index (χ2v) is 3.78. The quantitative estimate of drug-likeness (QED) is 0.847. The predicted octanol–water partition coefficient (Wildman–Crippen LogP) is 1.70. The van der Waals surface area contributed by atoms with Crippen LogP contribution in [-0.2, 0) is 0 Å². The summed E-state index contributed by atoms with van der Waals surface area (Å²) in [5.41, 5.74) is 0.555. The third-order valence-corrected chi connectivity index (χ3v) is 2.74. The molecule has 0 aliphatic heterocycles. The van der Waals surface area contributed by atoms with Crippen LogP contribution in [0.25, 0.3) is 11.6 Å². The van der Waals surface area contributed by atoms with Crippen molar-refractivity contribution in [3.8, 4) is 11.6 Å². The number of nitrogens with one attached hydrogen (secondary N) is 1. The number of H-pyrrole nitrogens is 1. The topological polar surface area (TPSA) is 80.5 Å². The van der Waals surface area contributed by atoms with E-state index in [4.69, 9.17) is 4.42 Å². The monoisotopic (exact) mass is 257 g/mol. The fourth-order valence-corrected chi connectivity index (χ4v) is 1.13. The van der Waals surface area contributed by atoms with E-state index in [1.165, 1.54) is 6.20 Å². The van der Waals surface area contributed by atoms with E-state index < -0.39 is 0 Å². The van der Waals surface area contributed by atoms with Crippen LogP contribution in [0.3, 0.4) is 0 Å². The van der Waals surface area contributed by atoms with E-state index in [0.717, 1.165) is 6.42 Å². The molecule has 0 fully saturated rings. The Morgan fingerprint density at radius 1 is 1.57 bits per heavy atom. The molecule has 14 heavy (non-hydrogen) atoms. The van der Waals surface area contributed by atoms with Gasteiger partial charge in [0.2, 0.25) is 5.89 Å². The lowest BCUT2D eigenvalue weighted by Gasteiger charge is -1.96. The Bertz CT molecular complexity index is 398. The van der Waals surface area contributed by atoms with Gasteiger partial charge in [0.1, 0.15) is 0 Å². The minimum atomic E-state index is 0.0932. The summed E-state index contributed by atoms with van der Waals surface area (Å²) >= 11 is 3.42. The molecule has 2 aromatic heterocycles. The van der Waals surface area contributed by atoms with Crippen molar-refractivity contribution in [2.24, 2.45) is 0 Å². The van der Waals surface area contributed by atoms with Crippen LogP contribution in [0.1, 0.15) is 24.1 Å². The molecule has 6 nitrogen and oxygen atoms in total. The standard InChI is InChI=1S/C7H8BrN5O/c1-2-4(8)6-11-12-7(14-6)5-3-9-13-10-5/h3-4H,2H2,1H3,(H,9,10,13). The average Bonchev–Trinajstić information content (AvgIpc) is 2.86. The van der Waals surface area contributed by atoms with Crippen LogP contribution in [0.15, 0.2) is 10.6 Å². The molecule has 1 atom stereocenters. The minimum Gasteiger partial charge on any atom is -0.418 e. The molecule has 0 bridgehead atoms. The molecule has 0 aliphatic carbocycles. The van der Waals surface area contributed by atoms with Crippen LogP contribution in [-0.4, -0.2) is 25.6 Å². The van der Waals surface area contributed by atoms with Gasteiger partial charge in [-0.1, -0.05) is 22.9 Å². The molecule has 2 aromatic rings. The van der Waals surface area contributed by atoms with Crippen LogP contribution >= 0.6 is 15.9 Å². The van der Waals surface area contributed by atoms with E-state index in [9.17, 15) is 0 Å². The molecule has 2 heterocycles. The first kappa shape index (κ1) is 9.32. The summed E-state index contributed by atoms with van der Waals surface area (Å²) in [4.78, 5) is 0.0932. The van der Waals surface area contributed by atoms with Crippen molar-refractivity contribution in [2.75, 3.05) is 0 Å². The number of hydrogen-bond acceptors (Lipinski definition) is 5. The van der Waals surface area contributed by atoms with Gasteiger partial charge in [0, 0.05) is 0 Å². The van der Waals surface area contributed by atoms with E-state index >= 15 is 0 Å². The van der Waals surface area contributed by atoms with Gasteiger partial charge in [0.15, 0.2) is 5.69 Å². The Balaban J connectivity index is 2.26. The summed E-state index contributed by atoms with van der Waals surface area (Å²) in [6, 6.07) is 0. The lowest BCUT2D eigenvalue weighted by atomic mass is 10.3. The van der Waals surface area contributed by atoms with Crippen molar-refractivity contribution in [3.05, 3.63) is 12.1 Å². The molecule has 1 N–H and O–H groups in total. The van der Waals surface area contributed by atoms with E-state index in [2.05, 4.69) is 41.5 Å². The van der Waals surface area contributed by atoms with Gasteiger partial charge in [0.25, 0.3) is 5.89 Å². The summed E-state index contributed by atoms with van der Waals surface area (Å²) in [6.07, 6.45) is 2.42. The number of hydrogen-bond donors (Lipinski definition) is 1. The number of aromatic amines is 1. The van der Waals surface area contributed by atoms with Gasteiger partial charge in [-0.05, 0) is 6.42 Å². The molecular formula is C7H8BrN5O. The molecule has 2 rings (SSSR count). The van der Waals surface area contributed by atoms with Gasteiger partial charge in [-0.2, -0.15) is 15.4 Å². The third-order valence-electron chi connectivity index (χ3n) is 1.70. The van der Waals surface area contributed by atoms with Gasteiger partial charge in [-0.15, -0.1) is 10.2 Å². The first-order valence-electron chi connectivity index (χ1n) is 4.15. The normalized spacial score (nSPS) is 13.0. The highest BCUT2D eigenvalue weighted by atomic mass is 79.9. The molecule has 0 aliphatic rings. The average molecular weight is 258 g/mol. The van der Waals surface area contributed by atoms with Gasteiger partial charge in [-0.25, -0.2) is 0 Å². The SMILES string of the molecule is CCC(Br)c1nnc(-c2cn[nH]n2)o1. The predicted molar refractivity (Wildman–Crippen MR) is 51.6 cm³/mol. The van der Waals surface area contributed by atoms with E-state index in [1.807, 2.05) is 6.92 Å². The van der Waals surface area contributed by atoms with Crippen LogP contribution in [0.4, 0.5) is 0 Å². The van der Waals surface area contributed by atoms with Crippen molar-refractivity contribution in [1.29, 1.82) is 0 Å². The summed E-state index contributed by atoms with van der Waals surface area (Å²) in [7, 11) is 0. The van der Waals surface area contributed by atoms with Crippen LogP contribution < -0.4 is 0 Å². The number of alkyl halides is 1. The minimum absolute atomic E-state index is 0.0932. The lowest BCUT2D eigenvalue weighted by Crippen LogP contribution is -1.86. The molecule has 7 heteroatoms. The summed E-state index contributed by atoms with van der Waals surface area (Å²) < 4.78 is 5.39. The molecule has 0 saturated carbocycles. The van der Waals surface area contributed by atoms with Gasteiger partial charge in [0.05, 0.1) is 11.0 Å². The second kappa shape index (κ2) is 3.87. The zero-order valence-electron chi connectivity index (χ0n) is 7.44. The van der Waals surface area contributed by atoms with Crippen molar-refractivity contribution in [3.63, 3.8) is 0 Å². The Morgan fingerprint density at radius 3 is 3.07 bits per heavy atom. The maximum Gasteiger partial charge on any atom is 0.269 e. The van der Waals surface area contributed by atoms with Gasteiger partial charge in [-0.3, -0.25) is 0 Å². The summed E-state index contributed by atoms with van der Waals surface area (Å²) in [5.74, 6) is 0.942. The van der Waals surface area contributed by atoms with Crippen LogP contribution in [0.2, 0.25) is 0 Å². The maximum atomic E-state index is 5.39. The highest BCUT2D eigenvalue weighted by Crippen LogP contribution is 2.26. The zero-order chi connectivity index (χ0) is 9.97. The fourth-order valence-electron chi connectivity index (χ4n) is 0.944. The summed E-state index contributed by atoms with van der Waals surface area (Å²) in [5, 5.41) is 17.7. The van der Waals surface area contributed by atoms with E-state index in [1.54, 1.807) is 0 Å². The third kappa shape index (κ3) is 1.67. The molecule has 1 unspecified atom stereocenters. The Hall–Kier alpha value is -1.24. The molecule has 0 aromatic carbocycles.